The van der Waals surface area contributed by atoms with Crippen LogP contribution in [-0.4, -0.2) is 44.6 Å². The summed E-state index contributed by atoms with van der Waals surface area (Å²) >= 11 is 0. The van der Waals surface area contributed by atoms with E-state index in [1.165, 1.54) is 18.7 Å². The molecule has 24 heavy (non-hydrogen) atoms. The van der Waals surface area contributed by atoms with E-state index in [-0.39, 0.29) is 0 Å². The Morgan fingerprint density at radius 2 is 2.04 bits per heavy atom. The Labute approximate surface area is 144 Å². The standard InChI is InChI=1S/C18H28N6/c1-14(2)24-10-8-21-17(24)13-23-9-4-5-15(12-23)11-16-18(19-3)22-7-6-20-16/h6-8,10,14-15H,4-5,9,11-13H2,1-3H3,(H,19,22)/t15-/m0/s1. The Hall–Kier alpha value is -1.95. The molecule has 0 aromatic carbocycles. The molecule has 1 aliphatic rings. The lowest BCUT2D eigenvalue weighted by molar-refractivity contribution is 0.160. The van der Waals surface area contributed by atoms with Gasteiger partial charge in [-0.2, -0.15) is 0 Å². The predicted octanol–water partition coefficient (Wildman–Crippen LogP) is 2.75. The van der Waals surface area contributed by atoms with Crippen LogP contribution in [0.4, 0.5) is 5.82 Å². The van der Waals surface area contributed by atoms with Gasteiger partial charge in [0.05, 0.1) is 12.2 Å². The van der Waals surface area contributed by atoms with Gasteiger partial charge < -0.3 is 9.88 Å². The summed E-state index contributed by atoms with van der Waals surface area (Å²) in [7, 11) is 1.91. The minimum Gasteiger partial charge on any atom is -0.372 e. The molecule has 0 aliphatic carbocycles. The van der Waals surface area contributed by atoms with Gasteiger partial charge in [0.15, 0.2) is 0 Å². The first-order valence-corrected chi connectivity index (χ1v) is 8.89. The second-order valence-corrected chi connectivity index (χ2v) is 6.89. The lowest BCUT2D eigenvalue weighted by Gasteiger charge is -2.32. The van der Waals surface area contributed by atoms with Gasteiger partial charge in [-0.25, -0.2) is 9.97 Å². The molecule has 2 aromatic rings. The minimum absolute atomic E-state index is 0.459. The molecule has 6 heteroatoms. The number of piperidine rings is 1. The van der Waals surface area contributed by atoms with Gasteiger partial charge in [0.25, 0.3) is 0 Å². The summed E-state index contributed by atoms with van der Waals surface area (Å²) in [5.41, 5.74) is 1.08. The van der Waals surface area contributed by atoms with E-state index in [1.54, 1.807) is 12.4 Å². The maximum Gasteiger partial charge on any atom is 0.147 e. The fourth-order valence-electron chi connectivity index (χ4n) is 3.60. The molecule has 0 saturated carbocycles. The molecule has 0 bridgehead atoms. The van der Waals surface area contributed by atoms with Crippen molar-refractivity contribution in [1.29, 1.82) is 0 Å². The van der Waals surface area contributed by atoms with Gasteiger partial charge in [-0.15, -0.1) is 0 Å². The molecule has 0 amide bonds. The maximum atomic E-state index is 4.56. The monoisotopic (exact) mass is 328 g/mol. The van der Waals surface area contributed by atoms with Crippen LogP contribution in [0.5, 0.6) is 0 Å². The molecule has 6 nitrogen and oxygen atoms in total. The number of rotatable bonds is 6. The van der Waals surface area contributed by atoms with Crippen LogP contribution in [0, 0.1) is 5.92 Å². The van der Waals surface area contributed by atoms with Crippen molar-refractivity contribution in [2.24, 2.45) is 5.92 Å². The smallest absolute Gasteiger partial charge is 0.147 e. The topological polar surface area (TPSA) is 58.9 Å². The average molecular weight is 328 g/mol. The van der Waals surface area contributed by atoms with Crippen molar-refractivity contribution in [2.45, 2.75) is 45.7 Å². The minimum atomic E-state index is 0.459. The molecular weight excluding hydrogens is 300 g/mol. The Kier molecular flexibility index (Phi) is 5.45. The second-order valence-electron chi connectivity index (χ2n) is 6.89. The van der Waals surface area contributed by atoms with E-state index < -0.39 is 0 Å². The van der Waals surface area contributed by atoms with E-state index in [0.29, 0.717) is 12.0 Å². The van der Waals surface area contributed by atoms with Gasteiger partial charge in [0.1, 0.15) is 11.6 Å². The second kappa shape index (κ2) is 7.75. The highest BCUT2D eigenvalue weighted by Crippen LogP contribution is 2.23. The van der Waals surface area contributed by atoms with Crippen molar-refractivity contribution >= 4 is 5.82 Å². The van der Waals surface area contributed by atoms with Crippen LogP contribution in [0.1, 0.15) is 44.2 Å². The van der Waals surface area contributed by atoms with Crippen molar-refractivity contribution in [1.82, 2.24) is 24.4 Å². The summed E-state index contributed by atoms with van der Waals surface area (Å²) in [5, 5.41) is 3.15. The SMILES string of the molecule is CNc1nccnc1C[C@@H]1CCCN(Cc2nccn2C(C)C)C1. The van der Waals surface area contributed by atoms with Gasteiger partial charge in [0.2, 0.25) is 0 Å². The molecule has 1 fully saturated rings. The maximum absolute atomic E-state index is 4.56. The molecule has 3 heterocycles. The first-order valence-electron chi connectivity index (χ1n) is 8.89. The molecule has 3 rings (SSSR count). The number of hydrogen-bond donors (Lipinski definition) is 1. The number of likely N-dealkylation sites (tertiary alicyclic amines) is 1. The van der Waals surface area contributed by atoms with Crippen LogP contribution in [0.25, 0.3) is 0 Å². The zero-order valence-electron chi connectivity index (χ0n) is 14.9. The third-order valence-electron chi connectivity index (χ3n) is 4.77. The van der Waals surface area contributed by atoms with E-state index >= 15 is 0 Å². The van der Waals surface area contributed by atoms with Gasteiger partial charge >= 0.3 is 0 Å². The summed E-state index contributed by atoms with van der Waals surface area (Å²) in [4.78, 5) is 16.0. The molecule has 1 saturated heterocycles. The van der Waals surface area contributed by atoms with Gasteiger partial charge in [-0.1, -0.05) is 0 Å². The quantitative estimate of drug-likeness (QED) is 0.883. The van der Waals surface area contributed by atoms with Crippen LogP contribution >= 0.6 is 0 Å². The Morgan fingerprint density at radius 3 is 2.83 bits per heavy atom. The van der Waals surface area contributed by atoms with Crippen molar-refractivity contribution < 1.29 is 0 Å². The number of nitrogens with zero attached hydrogens (tertiary/aromatic N) is 5. The molecule has 0 unspecified atom stereocenters. The molecule has 1 atom stereocenters. The number of nitrogens with one attached hydrogen (secondary N) is 1. The summed E-state index contributed by atoms with van der Waals surface area (Å²) in [6.07, 6.45) is 11.0. The molecule has 2 aromatic heterocycles. The van der Waals surface area contributed by atoms with E-state index in [1.807, 2.05) is 13.2 Å². The number of anilines is 1. The van der Waals surface area contributed by atoms with E-state index in [2.05, 4.69) is 49.8 Å². The fraction of sp³-hybridized carbons (Fsp3) is 0.611. The Bertz CT molecular complexity index is 650. The third-order valence-corrected chi connectivity index (χ3v) is 4.77. The average Bonchev–Trinajstić information content (AvgIpc) is 3.04. The fourth-order valence-corrected chi connectivity index (χ4v) is 3.60. The summed E-state index contributed by atoms with van der Waals surface area (Å²) < 4.78 is 2.27. The van der Waals surface area contributed by atoms with Crippen LogP contribution in [0.2, 0.25) is 0 Å². The van der Waals surface area contributed by atoms with Crippen molar-refractivity contribution in [3.63, 3.8) is 0 Å². The third kappa shape index (κ3) is 3.93. The Morgan fingerprint density at radius 1 is 1.21 bits per heavy atom. The normalized spacial score (nSPS) is 18.9. The zero-order chi connectivity index (χ0) is 16.9. The predicted molar refractivity (Wildman–Crippen MR) is 95.9 cm³/mol. The van der Waals surface area contributed by atoms with Crippen molar-refractivity contribution in [3.05, 3.63) is 36.3 Å². The molecule has 0 spiro atoms. The number of imidazole rings is 1. The molecule has 1 aliphatic heterocycles. The molecule has 0 radical (unpaired) electrons. The van der Waals surface area contributed by atoms with Gasteiger partial charge in [-0.05, 0) is 45.6 Å². The molecule has 130 valence electrons. The van der Waals surface area contributed by atoms with Crippen LogP contribution in [0.15, 0.2) is 24.8 Å². The Balaban J connectivity index is 1.63. The lowest BCUT2D eigenvalue weighted by Crippen LogP contribution is -2.36. The van der Waals surface area contributed by atoms with Crippen molar-refractivity contribution in [2.75, 3.05) is 25.5 Å². The van der Waals surface area contributed by atoms with E-state index in [4.69, 9.17) is 0 Å². The highest BCUT2D eigenvalue weighted by molar-refractivity contribution is 5.38. The van der Waals surface area contributed by atoms with Crippen LogP contribution in [0.3, 0.4) is 0 Å². The first kappa shape index (κ1) is 16.9. The lowest BCUT2D eigenvalue weighted by atomic mass is 9.93. The summed E-state index contributed by atoms with van der Waals surface area (Å²) in [6, 6.07) is 0.459. The van der Waals surface area contributed by atoms with E-state index in [9.17, 15) is 0 Å². The number of hydrogen-bond acceptors (Lipinski definition) is 5. The highest BCUT2D eigenvalue weighted by Gasteiger charge is 2.23. The van der Waals surface area contributed by atoms with Gasteiger partial charge in [-0.3, -0.25) is 9.88 Å². The summed E-state index contributed by atoms with van der Waals surface area (Å²) in [5.74, 6) is 2.70. The van der Waals surface area contributed by atoms with Crippen LogP contribution in [-0.2, 0) is 13.0 Å². The van der Waals surface area contributed by atoms with Crippen LogP contribution < -0.4 is 5.32 Å². The first-order chi connectivity index (χ1) is 11.7. The molecular formula is C18H28N6. The largest absolute Gasteiger partial charge is 0.372 e. The number of aromatic nitrogens is 4. The molecule has 1 N–H and O–H groups in total. The van der Waals surface area contributed by atoms with Crippen molar-refractivity contribution in [3.8, 4) is 0 Å². The summed E-state index contributed by atoms with van der Waals surface area (Å²) in [6.45, 7) is 7.60. The highest BCUT2D eigenvalue weighted by atomic mass is 15.2. The van der Waals surface area contributed by atoms with E-state index in [0.717, 1.165) is 37.6 Å². The van der Waals surface area contributed by atoms with Gasteiger partial charge in [0, 0.05) is 44.4 Å². The zero-order valence-corrected chi connectivity index (χ0v) is 14.9.